The summed E-state index contributed by atoms with van der Waals surface area (Å²) in [6.45, 7) is 0. The smallest absolute Gasteiger partial charge is 0.254 e. The number of H-pyrrole nitrogens is 1. The van der Waals surface area contributed by atoms with E-state index in [1.807, 2.05) is 36.4 Å². The van der Waals surface area contributed by atoms with E-state index >= 15 is 0 Å². The lowest BCUT2D eigenvalue weighted by atomic mass is 10.2. The van der Waals surface area contributed by atoms with E-state index in [2.05, 4.69) is 4.98 Å². The number of hydrogen-bond donors (Lipinski definition) is 2. The standard InChI is InChI=1S/C14H10N2O2S/c15-14(18)9-7-16-10-6-11(19-13(10)12(9)17)8-4-2-1-3-5-8/h1-7H,(H2,15,18)(H,16,17). The highest BCUT2D eigenvalue weighted by Gasteiger charge is 2.13. The molecule has 2 heterocycles. The molecule has 0 unspecified atom stereocenters. The van der Waals surface area contributed by atoms with Gasteiger partial charge in [0.1, 0.15) is 5.56 Å². The normalized spacial score (nSPS) is 10.7. The van der Waals surface area contributed by atoms with Crippen molar-refractivity contribution in [3.63, 3.8) is 0 Å². The van der Waals surface area contributed by atoms with Crippen LogP contribution in [0.1, 0.15) is 10.4 Å². The molecule has 0 fully saturated rings. The first-order valence-corrected chi connectivity index (χ1v) is 6.49. The zero-order valence-electron chi connectivity index (χ0n) is 9.84. The van der Waals surface area contributed by atoms with Crippen molar-refractivity contribution in [3.05, 3.63) is 58.4 Å². The van der Waals surface area contributed by atoms with Gasteiger partial charge in [-0.05, 0) is 11.6 Å². The molecule has 0 aliphatic carbocycles. The SMILES string of the molecule is NC(=O)c1c[nH]c2cc(-c3ccccc3)sc2c1=O. The lowest BCUT2D eigenvalue weighted by Gasteiger charge is -1.94. The molecule has 3 N–H and O–H groups in total. The monoisotopic (exact) mass is 270 g/mol. The first-order valence-electron chi connectivity index (χ1n) is 5.67. The number of carbonyl (C=O) groups excluding carboxylic acids is 1. The molecule has 0 radical (unpaired) electrons. The Bertz CT molecular complexity index is 818. The Labute approximate surface area is 112 Å². The summed E-state index contributed by atoms with van der Waals surface area (Å²) in [7, 11) is 0. The molecule has 19 heavy (non-hydrogen) atoms. The minimum absolute atomic E-state index is 0.00559. The van der Waals surface area contributed by atoms with E-state index < -0.39 is 5.91 Å². The van der Waals surface area contributed by atoms with Crippen LogP contribution in [0.3, 0.4) is 0 Å². The third-order valence-corrected chi connectivity index (χ3v) is 4.06. The number of aromatic amines is 1. The average molecular weight is 270 g/mol. The van der Waals surface area contributed by atoms with Gasteiger partial charge in [-0.2, -0.15) is 0 Å². The topological polar surface area (TPSA) is 76.0 Å². The number of carbonyl (C=O) groups is 1. The Kier molecular flexibility index (Phi) is 2.68. The molecule has 5 heteroatoms. The lowest BCUT2D eigenvalue weighted by molar-refractivity contribution is 0.0999. The fourth-order valence-electron chi connectivity index (χ4n) is 1.93. The molecule has 0 atom stereocenters. The Balaban J connectivity index is 2.25. The number of aromatic nitrogens is 1. The van der Waals surface area contributed by atoms with Crippen LogP contribution >= 0.6 is 11.3 Å². The maximum atomic E-state index is 12.1. The summed E-state index contributed by atoms with van der Waals surface area (Å²) in [6.07, 6.45) is 1.37. The van der Waals surface area contributed by atoms with Gasteiger partial charge in [-0.25, -0.2) is 0 Å². The number of pyridine rings is 1. The number of benzene rings is 1. The largest absolute Gasteiger partial charge is 0.365 e. The molecule has 2 aromatic heterocycles. The van der Waals surface area contributed by atoms with Crippen molar-refractivity contribution in [2.45, 2.75) is 0 Å². The van der Waals surface area contributed by atoms with Crippen LogP contribution in [0.2, 0.25) is 0 Å². The number of nitrogens with one attached hydrogen (secondary N) is 1. The number of hydrogen-bond acceptors (Lipinski definition) is 3. The van der Waals surface area contributed by atoms with Crippen molar-refractivity contribution in [2.75, 3.05) is 0 Å². The zero-order valence-corrected chi connectivity index (χ0v) is 10.7. The molecular weight excluding hydrogens is 260 g/mol. The van der Waals surface area contributed by atoms with Gasteiger partial charge < -0.3 is 10.7 Å². The minimum Gasteiger partial charge on any atom is -0.365 e. The predicted octanol–water partition coefficient (Wildman–Crippen LogP) is 2.36. The fourth-order valence-corrected chi connectivity index (χ4v) is 3.01. The summed E-state index contributed by atoms with van der Waals surface area (Å²) in [5, 5.41) is 0. The molecule has 0 saturated heterocycles. The lowest BCUT2D eigenvalue weighted by Crippen LogP contribution is -2.21. The van der Waals surface area contributed by atoms with Crippen LogP contribution < -0.4 is 11.2 Å². The average Bonchev–Trinajstić information content (AvgIpc) is 2.85. The number of thiophene rings is 1. The summed E-state index contributed by atoms with van der Waals surface area (Å²) in [4.78, 5) is 27.2. The van der Waals surface area contributed by atoms with Crippen molar-refractivity contribution in [1.29, 1.82) is 0 Å². The van der Waals surface area contributed by atoms with E-state index in [1.165, 1.54) is 17.5 Å². The van der Waals surface area contributed by atoms with Gasteiger partial charge in [-0.1, -0.05) is 30.3 Å². The maximum absolute atomic E-state index is 12.1. The van der Waals surface area contributed by atoms with E-state index in [0.29, 0.717) is 4.70 Å². The van der Waals surface area contributed by atoms with E-state index in [9.17, 15) is 9.59 Å². The van der Waals surface area contributed by atoms with Crippen LogP contribution in [0.4, 0.5) is 0 Å². The third kappa shape index (κ3) is 1.94. The number of rotatable bonds is 2. The second-order valence-corrected chi connectivity index (χ2v) is 5.17. The van der Waals surface area contributed by atoms with Gasteiger partial charge in [0.25, 0.3) is 5.91 Å². The van der Waals surface area contributed by atoms with Crippen LogP contribution in [0, 0.1) is 0 Å². The number of nitrogens with two attached hydrogens (primary N) is 1. The van der Waals surface area contributed by atoms with E-state index in [0.717, 1.165) is 16.0 Å². The van der Waals surface area contributed by atoms with Crippen LogP contribution in [-0.2, 0) is 0 Å². The van der Waals surface area contributed by atoms with E-state index in [4.69, 9.17) is 5.73 Å². The molecule has 0 bridgehead atoms. The second kappa shape index (κ2) is 4.37. The molecule has 3 aromatic rings. The molecule has 0 aliphatic rings. The minimum atomic E-state index is -0.710. The number of primary amides is 1. The van der Waals surface area contributed by atoms with Gasteiger partial charge in [0.05, 0.1) is 10.2 Å². The molecule has 1 aromatic carbocycles. The van der Waals surface area contributed by atoms with Crippen LogP contribution in [-0.4, -0.2) is 10.9 Å². The molecule has 0 aliphatic heterocycles. The summed E-state index contributed by atoms with van der Waals surface area (Å²) >= 11 is 1.36. The third-order valence-electron chi connectivity index (χ3n) is 2.88. The Morgan fingerprint density at radius 3 is 2.63 bits per heavy atom. The number of amides is 1. The molecule has 3 rings (SSSR count). The highest BCUT2D eigenvalue weighted by Crippen LogP contribution is 2.30. The van der Waals surface area contributed by atoms with Crippen molar-refractivity contribution >= 4 is 27.5 Å². The quantitative estimate of drug-likeness (QED) is 0.750. The Morgan fingerprint density at radius 1 is 1.21 bits per heavy atom. The highest BCUT2D eigenvalue weighted by molar-refractivity contribution is 7.22. The molecule has 0 spiro atoms. The summed E-state index contributed by atoms with van der Waals surface area (Å²) < 4.78 is 0.523. The van der Waals surface area contributed by atoms with E-state index in [-0.39, 0.29) is 11.0 Å². The van der Waals surface area contributed by atoms with Gasteiger partial charge in [-0.15, -0.1) is 11.3 Å². The molecule has 1 amide bonds. The van der Waals surface area contributed by atoms with Gasteiger partial charge in [0.15, 0.2) is 0 Å². The molecule has 4 nitrogen and oxygen atoms in total. The zero-order chi connectivity index (χ0) is 13.4. The summed E-state index contributed by atoms with van der Waals surface area (Å²) in [6, 6.07) is 11.7. The Morgan fingerprint density at radius 2 is 1.95 bits per heavy atom. The van der Waals surface area contributed by atoms with Gasteiger partial charge in [0, 0.05) is 11.1 Å². The Hall–Kier alpha value is -2.40. The van der Waals surface area contributed by atoms with Crippen LogP contribution in [0.5, 0.6) is 0 Å². The molecule has 94 valence electrons. The van der Waals surface area contributed by atoms with Crippen molar-refractivity contribution in [1.82, 2.24) is 4.98 Å². The van der Waals surface area contributed by atoms with Gasteiger partial charge >= 0.3 is 0 Å². The molecule has 0 saturated carbocycles. The predicted molar refractivity (Wildman–Crippen MR) is 76.4 cm³/mol. The first kappa shape index (κ1) is 11.7. The molecular formula is C14H10N2O2S. The highest BCUT2D eigenvalue weighted by atomic mass is 32.1. The second-order valence-electron chi connectivity index (χ2n) is 4.12. The van der Waals surface area contributed by atoms with Crippen molar-refractivity contribution < 1.29 is 4.79 Å². The van der Waals surface area contributed by atoms with Crippen molar-refractivity contribution in [2.24, 2.45) is 5.73 Å². The van der Waals surface area contributed by atoms with Crippen LogP contribution in [0.15, 0.2) is 47.4 Å². The summed E-state index contributed by atoms with van der Waals surface area (Å²) in [5.74, 6) is -0.710. The fraction of sp³-hybridized carbons (Fsp3) is 0. The van der Waals surface area contributed by atoms with Gasteiger partial charge in [-0.3, -0.25) is 9.59 Å². The van der Waals surface area contributed by atoms with E-state index in [1.54, 1.807) is 0 Å². The van der Waals surface area contributed by atoms with Gasteiger partial charge in [0.2, 0.25) is 5.43 Å². The van der Waals surface area contributed by atoms with Crippen LogP contribution in [0.25, 0.3) is 20.7 Å². The van der Waals surface area contributed by atoms with Crippen molar-refractivity contribution in [3.8, 4) is 10.4 Å². The maximum Gasteiger partial charge on any atom is 0.254 e. The first-order chi connectivity index (χ1) is 9.16. The number of fused-ring (bicyclic) bond motifs is 1. The summed E-state index contributed by atoms with van der Waals surface area (Å²) in [5.41, 5.74) is 6.61.